The van der Waals surface area contributed by atoms with Crippen LogP contribution in [0.4, 0.5) is 0 Å². The quantitative estimate of drug-likeness (QED) is 0.420. The molecular weight excluding hydrogens is 392 g/mol. The lowest BCUT2D eigenvalue weighted by atomic mass is 9.30. The van der Waals surface area contributed by atoms with Crippen molar-refractivity contribution in [2.45, 2.75) is 132 Å². The minimum absolute atomic E-state index is 0.0861. The van der Waals surface area contributed by atoms with Gasteiger partial charge in [0.05, 0.1) is 0 Å². The van der Waals surface area contributed by atoms with E-state index in [-0.39, 0.29) is 16.6 Å². The highest BCUT2D eigenvalue weighted by atomic mass is 16.3. The monoisotopic (exact) mass is 442 g/mol. The molecule has 0 spiro atoms. The Morgan fingerprint density at radius 1 is 0.656 bits per heavy atom. The van der Waals surface area contributed by atoms with Gasteiger partial charge in [0.2, 0.25) is 0 Å². The molecule has 32 heavy (non-hydrogen) atoms. The Balaban J connectivity index is 1.56. The van der Waals surface area contributed by atoms with Crippen molar-refractivity contribution in [2.24, 2.45) is 50.2 Å². The Labute approximate surface area is 197 Å². The first kappa shape index (κ1) is 23.4. The van der Waals surface area contributed by atoms with Gasteiger partial charge in [-0.05, 0) is 116 Å². The fourth-order valence-electron chi connectivity index (χ4n) is 11.2. The van der Waals surface area contributed by atoms with Gasteiger partial charge in [-0.1, -0.05) is 48.5 Å². The molecule has 0 aromatic carbocycles. The van der Waals surface area contributed by atoms with E-state index < -0.39 is 5.60 Å². The third-order valence-corrected chi connectivity index (χ3v) is 13.8. The molecule has 5 aliphatic carbocycles. The van der Waals surface area contributed by atoms with E-state index in [4.69, 9.17) is 0 Å². The Kier molecular flexibility index (Phi) is 4.70. The number of hydrogen-bond acceptors (Lipinski definition) is 2. The van der Waals surface area contributed by atoms with Crippen molar-refractivity contribution < 1.29 is 9.90 Å². The summed E-state index contributed by atoms with van der Waals surface area (Å²) in [5.74, 6) is 2.08. The smallest absolute Gasteiger partial charge is 0.164 e. The fourth-order valence-corrected chi connectivity index (χ4v) is 11.2. The van der Waals surface area contributed by atoms with E-state index >= 15 is 0 Å². The summed E-state index contributed by atoms with van der Waals surface area (Å²) in [7, 11) is 0. The fraction of sp³-hybridized carbons (Fsp3) is 0.967. The highest BCUT2D eigenvalue weighted by Gasteiger charge is 2.72. The molecule has 0 aromatic heterocycles. The predicted octanol–water partition coefficient (Wildman–Crippen LogP) is 7.57. The van der Waals surface area contributed by atoms with Crippen LogP contribution in [-0.2, 0) is 4.79 Å². The molecular formula is C30H50O2. The molecule has 0 aromatic rings. The number of aliphatic hydroxyl groups is 1. The van der Waals surface area contributed by atoms with Crippen molar-refractivity contribution in [1.29, 1.82) is 0 Å². The van der Waals surface area contributed by atoms with Crippen molar-refractivity contribution in [3.63, 3.8) is 0 Å². The summed E-state index contributed by atoms with van der Waals surface area (Å²) >= 11 is 0. The normalized spacial score (nSPS) is 59.4. The lowest BCUT2D eigenvalue weighted by molar-refractivity contribution is -0.269. The Morgan fingerprint density at radius 3 is 1.91 bits per heavy atom. The van der Waals surface area contributed by atoms with Crippen LogP contribution in [0, 0.1) is 50.2 Å². The molecule has 5 aliphatic rings. The van der Waals surface area contributed by atoms with Gasteiger partial charge in [0.1, 0.15) is 5.60 Å². The molecule has 182 valence electrons. The van der Waals surface area contributed by atoms with E-state index in [0.717, 1.165) is 18.8 Å². The number of carbonyl (C=O) groups is 1. The summed E-state index contributed by atoms with van der Waals surface area (Å²) in [6.45, 7) is 19.7. The van der Waals surface area contributed by atoms with E-state index in [2.05, 4.69) is 48.5 Å². The molecule has 0 radical (unpaired) electrons. The minimum atomic E-state index is -1.16. The topological polar surface area (TPSA) is 37.3 Å². The zero-order valence-corrected chi connectivity index (χ0v) is 22.4. The summed E-state index contributed by atoms with van der Waals surface area (Å²) < 4.78 is 0. The first-order valence-corrected chi connectivity index (χ1v) is 13.8. The van der Waals surface area contributed by atoms with Crippen molar-refractivity contribution in [2.75, 3.05) is 0 Å². The lowest BCUT2D eigenvalue weighted by Gasteiger charge is -2.75. The molecule has 0 heterocycles. The predicted molar refractivity (Wildman–Crippen MR) is 131 cm³/mol. The average molecular weight is 443 g/mol. The molecule has 0 amide bonds. The van der Waals surface area contributed by atoms with Crippen molar-refractivity contribution in [1.82, 2.24) is 0 Å². The second kappa shape index (κ2) is 6.44. The summed E-state index contributed by atoms with van der Waals surface area (Å²) in [6, 6.07) is 0. The second-order valence-electron chi connectivity index (χ2n) is 15.5. The molecule has 0 saturated heterocycles. The number of hydrogen-bond donors (Lipinski definition) is 1. The van der Waals surface area contributed by atoms with Crippen LogP contribution in [-0.4, -0.2) is 16.5 Å². The van der Waals surface area contributed by atoms with Crippen LogP contribution in [0.15, 0.2) is 0 Å². The maximum Gasteiger partial charge on any atom is 0.164 e. The first-order chi connectivity index (χ1) is 14.6. The standard InChI is InChI=1S/C30H50O2/c1-24(2)13-14-25(3)15-17-27(5)21-11-12-29(7)20(9-10-23(31)30(29,8)32)26(21,4)16-18-28(27,6)22(25)19-24/h20-22,32H,9-19H2,1-8H3. The third kappa shape index (κ3) is 2.60. The maximum absolute atomic E-state index is 12.8. The van der Waals surface area contributed by atoms with Gasteiger partial charge in [-0.2, -0.15) is 0 Å². The molecule has 9 unspecified atom stereocenters. The Hall–Kier alpha value is -0.370. The number of carbonyl (C=O) groups excluding carboxylic acids is 1. The maximum atomic E-state index is 12.8. The highest BCUT2D eigenvalue weighted by Crippen LogP contribution is 2.78. The van der Waals surface area contributed by atoms with Crippen molar-refractivity contribution >= 4 is 5.78 Å². The second-order valence-corrected chi connectivity index (χ2v) is 15.5. The SMILES string of the molecule is CC1(C)CCC2(C)CCC3(C)C4CCC5(C)C(CCC(=O)C5(C)O)C4(C)CCC3(C)C2C1. The van der Waals surface area contributed by atoms with Crippen molar-refractivity contribution in [3.05, 3.63) is 0 Å². The summed E-state index contributed by atoms with van der Waals surface area (Å²) in [4.78, 5) is 12.8. The molecule has 5 saturated carbocycles. The van der Waals surface area contributed by atoms with Gasteiger partial charge in [0.25, 0.3) is 0 Å². The van der Waals surface area contributed by atoms with Gasteiger partial charge in [-0.15, -0.1) is 0 Å². The molecule has 5 fully saturated rings. The van der Waals surface area contributed by atoms with E-state index in [0.29, 0.717) is 39.9 Å². The molecule has 9 atom stereocenters. The van der Waals surface area contributed by atoms with Gasteiger partial charge in [0.15, 0.2) is 5.78 Å². The van der Waals surface area contributed by atoms with E-state index in [9.17, 15) is 9.90 Å². The summed E-state index contributed by atoms with van der Waals surface area (Å²) in [5.41, 5.74) is 0.567. The molecule has 5 rings (SSSR count). The number of fused-ring (bicyclic) bond motifs is 7. The van der Waals surface area contributed by atoms with Crippen LogP contribution in [0.5, 0.6) is 0 Å². The Bertz CT molecular complexity index is 827. The minimum Gasteiger partial charge on any atom is -0.382 e. The lowest BCUT2D eigenvalue weighted by Crippen LogP contribution is -2.70. The van der Waals surface area contributed by atoms with Gasteiger partial charge >= 0.3 is 0 Å². The van der Waals surface area contributed by atoms with Crippen LogP contribution < -0.4 is 0 Å². The molecule has 2 heteroatoms. The van der Waals surface area contributed by atoms with E-state index in [1.165, 1.54) is 51.4 Å². The number of ketones is 1. The van der Waals surface area contributed by atoms with Crippen LogP contribution in [0.1, 0.15) is 126 Å². The number of rotatable bonds is 0. The third-order valence-electron chi connectivity index (χ3n) is 13.8. The van der Waals surface area contributed by atoms with Crippen LogP contribution in [0.25, 0.3) is 0 Å². The Morgan fingerprint density at radius 2 is 1.22 bits per heavy atom. The largest absolute Gasteiger partial charge is 0.382 e. The van der Waals surface area contributed by atoms with E-state index in [1.807, 2.05) is 6.92 Å². The average Bonchev–Trinajstić information content (AvgIpc) is 2.69. The zero-order chi connectivity index (χ0) is 23.6. The molecule has 0 bridgehead atoms. The van der Waals surface area contributed by atoms with Crippen LogP contribution >= 0.6 is 0 Å². The van der Waals surface area contributed by atoms with Crippen molar-refractivity contribution in [3.8, 4) is 0 Å². The highest BCUT2D eigenvalue weighted by molar-refractivity contribution is 5.88. The first-order valence-electron chi connectivity index (χ1n) is 13.8. The summed E-state index contributed by atoms with van der Waals surface area (Å²) in [6.07, 6.45) is 13.3. The molecule has 2 nitrogen and oxygen atoms in total. The van der Waals surface area contributed by atoms with Crippen LogP contribution in [0.2, 0.25) is 0 Å². The van der Waals surface area contributed by atoms with Gasteiger partial charge in [-0.3, -0.25) is 4.79 Å². The van der Waals surface area contributed by atoms with Crippen LogP contribution in [0.3, 0.4) is 0 Å². The molecule has 0 aliphatic heterocycles. The van der Waals surface area contributed by atoms with E-state index in [1.54, 1.807) is 0 Å². The summed E-state index contributed by atoms with van der Waals surface area (Å²) in [5, 5.41) is 11.4. The number of Topliss-reactive ketones (excluding diaryl/α,β-unsaturated/α-hetero) is 1. The van der Waals surface area contributed by atoms with Gasteiger partial charge in [-0.25, -0.2) is 0 Å². The zero-order valence-electron chi connectivity index (χ0n) is 22.4. The molecule has 1 N–H and O–H groups in total. The van der Waals surface area contributed by atoms with Gasteiger partial charge < -0.3 is 5.11 Å². The van der Waals surface area contributed by atoms with Gasteiger partial charge in [0, 0.05) is 11.8 Å².